The molecule has 1 saturated heterocycles. The Kier molecular flexibility index (Phi) is 4.23. The highest BCUT2D eigenvalue weighted by molar-refractivity contribution is 6.31. The molecule has 1 heterocycles. The zero-order chi connectivity index (χ0) is 14.9. The average molecular weight is 308 g/mol. The fraction of sp³-hybridized carbons (Fsp3) is 0.588. The highest BCUT2D eigenvalue weighted by atomic mass is 35.5. The molecular weight excluding hydrogens is 286 g/mol. The minimum Gasteiger partial charge on any atom is -0.481 e. The summed E-state index contributed by atoms with van der Waals surface area (Å²) in [5.41, 5.74) is 1.09. The van der Waals surface area contributed by atoms with Crippen LogP contribution in [0, 0.1) is 11.3 Å². The minimum absolute atomic E-state index is 0.00859. The first-order chi connectivity index (χ1) is 10.1. The topological polar surface area (TPSA) is 40.5 Å². The van der Waals surface area contributed by atoms with Crippen molar-refractivity contribution < 1.29 is 9.90 Å². The van der Waals surface area contributed by atoms with E-state index in [4.69, 9.17) is 11.6 Å². The Bertz CT molecular complexity index is 525. The van der Waals surface area contributed by atoms with Gasteiger partial charge in [-0.3, -0.25) is 9.69 Å². The lowest BCUT2D eigenvalue weighted by Crippen LogP contribution is -2.36. The number of carboxylic acid groups (broad SMARTS) is 1. The quantitative estimate of drug-likeness (QED) is 0.923. The van der Waals surface area contributed by atoms with E-state index in [0.29, 0.717) is 6.54 Å². The predicted octanol–water partition coefficient (Wildman–Crippen LogP) is 3.81. The van der Waals surface area contributed by atoms with Gasteiger partial charge in [0.1, 0.15) is 0 Å². The van der Waals surface area contributed by atoms with Gasteiger partial charge in [-0.15, -0.1) is 0 Å². The maximum Gasteiger partial charge on any atom is 0.308 e. The lowest BCUT2D eigenvalue weighted by Gasteiger charge is -2.36. The van der Waals surface area contributed by atoms with E-state index >= 15 is 0 Å². The molecule has 0 amide bonds. The van der Waals surface area contributed by atoms with E-state index in [9.17, 15) is 9.90 Å². The van der Waals surface area contributed by atoms with Crippen LogP contribution in [0.1, 0.15) is 37.7 Å². The minimum atomic E-state index is -0.626. The maximum absolute atomic E-state index is 11.7. The normalized spacial score (nSPS) is 25.3. The summed E-state index contributed by atoms with van der Waals surface area (Å²) >= 11 is 6.24. The van der Waals surface area contributed by atoms with Crippen LogP contribution in [-0.4, -0.2) is 29.1 Å². The van der Waals surface area contributed by atoms with Crippen molar-refractivity contribution in [2.75, 3.05) is 13.1 Å². The summed E-state index contributed by atoms with van der Waals surface area (Å²) in [7, 11) is 0. The third-order valence-electron chi connectivity index (χ3n) is 5.22. The van der Waals surface area contributed by atoms with E-state index < -0.39 is 5.97 Å². The van der Waals surface area contributed by atoms with Crippen LogP contribution < -0.4 is 0 Å². The van der Waals surface area contributed by atoms with Gasteiger partial charge < -0.3 is 5.11 Å². The summed E-state index contributed by atoms with van der Waals surface area (Å²) in [6.07, 6.45) is 5.71. The van der Waals surface area contributed by atoms with Crippen LogP contribution >= 0.6 is 11.6 Å². The first kappa shape index (κ1) is 14.9. The Morgan fingerprint density at radius 3 is 2.67 bits per heavy atom. The molecule has 0 radical (unpaired) electrons. The standard InChI is InChI=1S/C17H22ClNO2/c18-15-7-3-2-6-13(15)10-19-11-14(16(20)21)17(12-19)8-4-1-5-9-17/h2-3,6-7,14H,1,4-5,8-12H2,(H,20,21)/t14-/m0/s1. The zero-order valence-corrected chi connectivity index (χ0v) is 13.0. The molecule has 1 aromatic carbocycles. The molecule has 1 atom stereocenters. The summed E-state index contributed by atoms with van der Waals surface area (Å²) in [5, 5.41) is 10.4. The summed E-state index contributed by atoms with van der Waals surface area (Å²) in [6.45, 7) is 2.31. The third-order valence-corrected chi connectivity index (χ3v) is 5.59. The van der Waals surface area contributed by atoms with Crippen molar-refractivity contribution in [1.29, 1.82) is 0 Å². The summed E-state index contributed by atoms with van der Waals surface area (Å²) in [6, 6.07) is 7.85. The highest BCUT2D eigenvalue weighted by Gasteiger charge is 2.50. The number of benzene rings is 1. The molecule has 1 N–H and O–H groups in total. The molecule has 1 aliphatic carbocycles. The molecule has 0 aromatic heterocycles. The van der Waals surface area contributed by atoms with Crippen molar-refractivity contribution in [1.82, 2.24) is 4.90 Å². The van der Waals surface area contributed by atoms with Crippen LogP contribution in [0.2, 0.25) is 5.02 Å². The van der Waals surface area contributed by atoms with E-state index in [2.05, 4.69) is 4.90 Å². The van der Waals surface area contributed by atoms with Crippen LogP contribution in [0.5, 0.6) is 0 Å². The number of hydrogen-bond donors (Lipinski definition) is 1. The number of likely N-dealkylation sites (tertiary alicyclic amines) is 1. The van der Waals surface area contributed by atoms with Gasteiger partial charge in [-0.2, -0.15) is 0 Å². The first-order valence-electron chi connectivity index (χ1n) is 7.79. The molecule has 1 spiro atoms. The van der Waals surface area contributed by atoms with E-state index in [-0.39, 0.29) is 11.3 Å². The molecule has 2 fully saturated rings. The second-order valence-electron chi connectivity index (χ2n) is 6.57. The van der Waals surface area contributed by atoms with Crippen LogP contribution in [0.4, 0.5) is 0 Å². The molecule has 1 aromatic rings. The molecule has 2 aliphatic rings. The number of nitrogens with zero attached hydrogens (tertiary/aromatic N) is 1. The Balaban J connectivity index is 1.77. The van der Waals surface area contributed by atoms with Gasteiger partial charge in [-0.25, -0.2) is 0 Å². The molecule has 21 heavy (non-hydrogen) atoms. The monoisotopic (exact) mass is 307 g/mol. The molecule has 1 aliphatic heterocycles. The van der Waals surface area contributed by atoms with Crippen molar-refractivity contribution in [2.24, 2.45) is 11.3 Å². The van der Waals surface area contributed by atoms with Gasteiger partial charge in [0.25, 0.3) is 0 Å². The van der Waals surface area contributed by atoms with Crippen molar-refractivity contribution >= 4 is 17.6 Å². The van der Waals surface area contributed by atoms with E-state index in [1.165, 1.54) is 19.3 Å². The van der Waals surface area contributed by atoms with Gasteiger partial charge in [0.05, 0.1) is 5.92 Å². The number of carbonyl (C=O) groups is 1. The van der Waals surface area contributed by atoms with Gasteiger partial charge in [0.2, 0.25) is 0 Å². The average Bonchev–Trinajstić information content (AvgIpc) is 2.80. The summed E-state index contributed by atoms with van der Waals surface area (Å²) < 4.78 is 0. The Morgan fingerprint density at radius 2 is 2.00 bits per heavy atom. The second kappa shape index (κ2) is 5.98. The molecule has 0 unspecified atom stereocenters. The molecular formula is C17H22ClNO2. The zero-order valence-electron chi connectivity index (χ0n) is 12.2. The fourth-order valence-corrected chi connectivity index (χ4v) is 4.36. The Labute approximate surface area is 130 Å². The third kappa shape index (κ3) is 2.95. The Hall–Kier alpha value is -1.06. The van der Waals surface area contributed by atoms with Gasteiger partial charge in [-0.1, -0.05) is 49.1 Å². The number of aliphatic carboxylic acids is 1. The maximum atomic E-state index is 11.7. The first-order valence-corrected chi connectivity index (χ1v) is 8.17. The van der Waals surface area contributed by atoms with E-state index in [0.717, 1.165) is 36.5 Å². The Morgan fingerprint density at radius 1 is 1.29 bits per heavy atom. The number of halogens is 1. The summed E-state index contributed by atoms with van der Waals surface area (Å²) in [4.78, 5) is 14.0. The van der Waals surface area contributed by atoms with Gasteiger partial charge in [0.15, 0.2) is 0 Å². The number of carboxylic acids is 1. The molecule has 3 nitrogen and oxygen atoms in total. The van der Waals surface area contributed by atoms with Crippen molar-refractivity contribution in [3.05, 3.63) is 34.9 Å². The van der Waals surface area contributed by atoms with Crippen molar-refractivity contribution in [2.45, 2.75) is 38.6 Å². The fourth-order valence-electron chi connectivity index (χ4n) is 4.16. The van der Waals surface area contributed by atoms with Gasteiger partial charge >= 0.3 is 5.97 Å². The van der Waals surface area contributed by atoms with Crippen LogP contribution in [0.15, 0.2) is 24.3 Å². The summed E-state index contributed by atoms with van der Waals surface area (Å²) in [5.74, 6) is -0.848. The van der Waals surface area contributed by atoms with Crippen LogP contribution in [-0.2, 0) is 11.3 Å². The number of hydrogen-bond acceptors (Lipinski definition) is 2. The second-order valence-corrected chi connectivity index (χ2v) is 6.98. The lowest BCUT2D eigenvalue weighted by atomic mass is 9.68. The highest BCUT2D eigenvalue weighted by Crippen LogP contribution is 2.48. The SMILES string of the molecule is O=C(O)[C@@H]1CN(Cc2ccccc2Cl)CC12CCCCC2. The van der Waals surface area contributed by atoms with Crippen molar-refractivity contribution in [3.8, 4) is 0 Å². The molecule has 3 rings (SSSR count). The van der Waals surface area contributed by atoms with Crippen LogP contribution in [0.3, 0.4) is 0 Å². The van der Waals surface area contributed by atoms with Gasteiger partial charge in [-0.05, 0) is 29.9 Å². The molecule has 1 saturated carbocycles. The van der Waals surface area contributed by atoms with Gasteiger partial charge in [0, 0.05) is 24.7 Å². The predicted molar refractivity (Wildman–Crippen MR) is 83.4 cm³/mol. The molecule has 4 heteroatoms. The smallest absolute Gasteiger partial charge is 0.308 e. The largest absolute Gasteiger partial charge is 0.481 e. The van der Waals surface area contributed by atoms with E-state index in [1.807, 2.05) is 24.3 Å². The van der Waals surface area contributed by atoms with Crippen molar-refractivity contribution in [3.63, 3.8) is 0 Å². The number of rotatable bonds is 3. The molecule has 0 bridgehead atoms. The van der Waals surface area contributed by atoms with Crippen LogP contribution in [0.25, 0.3) is 0 Å². The molecule has 114 valence electrons. The lowest BCUT2D eigenvalue weighted by molar-refractivity contribution is -0.145. The van der Waals surface area contributed by atoms with E-state index in [1.54, 1.807) is 0 Å².